The minimum Gasteiger partial charge on any atom is -0.341 e. The van der Waals surface area contributed by atoms with Crippen LogP contribution in [0.3, 0.4) is 0 Å². The quantitative estimate of drug-likeness (QED) is 0.900. The molecule has 0 aliphatic carbocycles. The summed E-state index contributed by atoms with van der Waals surface area (Å²) < 4.78 is 0. The van der Waals surface area contributed by atoms with E-state index in [2.05, 4.69) is 5.32 Å². The normalized spacial score (nSPS) is 15.2. The van der Waals surface area contributed by atoms with Crippen LogP contribution in [0.25, 0.3) is 0 Å². The number of nitrogens with one attached hydrogen (secondary N) is 1. The van der Waals surface area contributed by atoms with Crippen LogP contribution in [-0.2, 0) is 9.59 Å². The summed E-state index contributed by atoms with van der Waals surface area (Å²) in [6.07, 6.45) is 2.47. The zero-order valence-corrected chi connectivity index (χ0v) is 13.3. The van der Waals surface area contributed by atoms with Crippen molar-refractivity contribution in [1.82, 2.24) is 10.2 Å². The monoisotopic (exact) mass is 303 g/mol. The molecule has 0 saturated carbocycles. The summed E-state index contributed by atoms with van der Waals surface area (Å²) in [5.74, 6) is 0.218. The average molecular weight is 303 g/mol. The number of hydrogen-bond acceptors (Lipinski definition) is 3. The van der Waals surface area contributed by atoms with Crippen LogP contribution < -0.4 is 10.2 Å². The van der Waals surface area contributed by atoms with Gasteiger partial charge in [-0.3, -0.25) is 9.59 Å². The Balaban J connectivity index is 1.73. The highest BCUT2D eigenvalue weighted by Crippen LogP contribution is 2.13. The van der Waals surface area contributed by atoms with Gasteiger partial charge in [0.2, 0.25) is 11.8 Å². The van der Waals surface area contributed by atoms with Crippen LogP contribution in [0.1, 0.15) is 25.7 Å². The van der Waals surface area contributed by atoms with Crippen LogP contribution in [0.2, 0.25) is 0 Å². The Hall–Kier alpha value is -1.88. The van der Waals surface area contributed by atoms with Gasteiger partial charge in [0.1, 0.15) is 0 Å². The first-order valence-electron chi connectivity index (χ1n) is 7.98. The molecule has 0 radical (unpaired) electrons. The molecule has 0 spiro atoms. The van der Waals surface area contributed by atoms with Crippen molar-refractivity contribution in [3.63, 3.8) is 0 Å². The third-order valence-electron chi connectivity index (χ3n) is 3.99. The second kappa shape index (κ2) is 8.54. The third kappa shape index (κ3) is 4.84. The first kappa shape index (κ1) is 16.5. The van der Waals surface area contributed by atoms with E-state index in [4.69, 9.17) is 0 Å². The molecule has 120 valence electrons. The molecule has 22 heavy (non-hydrogen) atoms. The lowest BCUT2D eigenvalue weighted by Gasteiger charge is -2.20. The Morgan fingerprint density at radius 3 is 2.68 bits per heavy atom. The number of nitrogens with zero attached hydrogens (tertiary/aromatic N) is 2. The maximum atomic E-state index is 12.1. The zero-order chi connectivity index (χ0) is 15.8. The van der Waals surface area contributed by atoms with Gasteiger partial charge in [-0.15, -0.1) is 0 Å². The number of hydrogen-bond donors (Lipinski definition) is 1. The molecule has 0 unspecified atom stereocenters. The fourth-order valence-electron chi connectivity index (χ4n) is 2.61. The molecule has 0 atom stereocenters. The Morgan fingerprint density at radius 1 is 1.14 bits per heavy atom. The maximum absolute atomic E-state index is 12.1. The van der Waals surface area contributed by atoms with Crippen LogP contribution >= 0.6 is 0 Å². The molecule has 1 aromatic carbocycles. The molecule has 1 aliphatic rings. The lowest BCUT2D eigenvalue weighted by atomic mass is 10.2. The molecular formula is C17H25N3O2. The highest BCUT2D eigenvalue weighted by Gasteiger charge is 2.16. The molecule has 1 fully saturated rings. The molecule has 2 amide bonds. The fourth-order valence-corrected chi connectivity index (χ4v) is 2.61. The molecule has 5 nitrogen and oxygen atoms in total. The SMILES string of the molecule is CN(C(=O)CCCC(=O)N1CCCNCC1)c1ccccc1. The fraction of sp³-hybridized carbons (Fsp3) is 0.529. The molecule has 1 heterocycles. The van der Waals surface area contributed by atoms with Crippen molar-refractivity contribution < 1.29 is 9.59 Å². The van der Waals surface area contributed by atoms with Gasteiger partial charge in [-0.25, -0.2) is 0 Å². The van der Waals surface area contributed by atoms with Crippen LogP contribution in [0, 0.1) is 0 Å². The van der Waals surface area contributed by atoms with Crippen molar-refractivity contribution in [3.8, 4) is 0 Å². The summed E-state index contributed by atoms with van der Waals surface area (Å²) in [7, 11) is 1.78. The summed E-state index contributed by atoms with van der Waals surface area (Å²) in [4.78, 5) is 27.9. The van der Waals surface area contributed by atoms with E-state index in [-0.39, 0.29) is 11.8 Å². The average Bonchev–Trinajstić information content (AvgIpc) is 2.84. The van der Waals surface area contributed by atoms with E-state index in [1.807, 2.05) is 35.2 Å². The van der Waals surface area contributed by atoms with E-state index in [9.17, 15) is 9.59 Å². The topological polar surface area (TPSA) is 52.7 Å². The second-order valence-electron chi connectivity index (χ2n) is 5.63. The molecule has 1 aromatic rings. The number of carbonyl (C=O) groups excluding carboxylic acids is 2. The molecule has 1 N–H and O–H groups in total. The number of para-hydroxylation sites is 1. The maximum Gasteiger partial charge on any atom is 0.226 e. The molecular weight excluding hydrogens is 278 g/mol. The Labute approximate surface area is 132 Å². The number of anilines is 1. The van der Waals surface area contributed by atoms with Crippen LogP contribution in [-0.4, -0.2) is 49.9 Å². The van der Waals surface area contributed by atoms with Gasteiger partial charge >= 0.3 is 0 Å². The Morgan fingerprint density at radius 2 is 1.91 bits per heavy atom. The molecule has 2 rings (SSSR count). The van der Waals surface area contributed by atoms with Gasteiger partial charge in [0.05, 0.1) is 0 Å². The van der Waals surface area contributed by atoms with Gasteiger partial charge < -0.3 is 15.1 Å². The summed E-state index contributed by atoms with van der Waals surface area (Å²) in [5, 5.41) is 3.28. The zero-order valence-electron chi connectivity index (χ0n) is 13.3. The summed E-state index contributed by atoms with van der Waals surface area (Å²) in [5.41, 5.74) is 0.886. The largest absolute Gasteiger partial charge is 0.341 e. The van der Waals surface area contributed by atoms with Gasteiger partial charge in [0.15, 0.2) is 0 Å². The number of rotatable bonds is 5. The predicted octanol–water partition coefficient (Wildman–Crippen LogP) is 1.64. The first-order valence-corrected chi connectivity index (χ1v) is 7.98. The minimum atomic E-state index is 0.0523. The molecule has 0 bridgehead atoms. The summed E-state index contributed by atoms with van der Waals surface area (Å²) in [6.45, 7) is 3.44. The standard InChI is InChI=1S/C17H25N3O2/c1-19(15-7-3-2-4-8-15)16(21)9-5-10-17(22)20-13-6-11-18-12-14-20/h2-4,7-8,18H,5-6,9-14H2,1H3. The van der Waals surface area contributed by atoms with E-state index in [1.54, 1.807) is 11.9 Å². The van der Waals surface area contributed by atoms with Gasteiger partial charge in [-0.2, -0.15) is 0 Å². The molecule has 0 aromatic heterocycles. The third-order valence-corrected chi connectivity index (χ3v) is 3.99. The van der Waals surface area contributed by atoms with E-state index < -0.39 is 0 Å². The van der Waals surface area contributed by atoms with Crippen molar-refractivity contribution in [2.45, 2.75) is 25.7 Å². The first-order chi connectivity index (χ1) is 10.7. The molecule has 5 heteroatoms. The van der Waals surface area contributed by atoms with Crippen molar-refractivity contribution in [1.29, 1.82) is 0 Å². The van der Waals surface area contributed by atoms with Gasteiger partial charge in [0, 0.05) is 45.2 Å². The van der Waals surface area contributed by atoms with Gasteiger partial charge in [-0.1, -0.05) is 18.2 Å². The Kier molecular flexibility index (Phi) is 6.40. The van der Waals surface area contributed by atoms with Crippen LogP contribution in [0.4, 0.5) is 5.69 Å². The second-order valence-corrected chi connectivity index (χ2v) is 5.63. The van der Waals surface area contributed by atoms with Crippen molar-refractivity contribution >= 4 is 17.5 Å². The van der Waals surface area contributed by atoms with E-state index >= 15 is 0 Å². The molecule has 1 aliphatic heterocycles. The van der Waals surface area contributed by atoms with E-state index in [1.165, 1.54) is 0 Å². The lowest BCUT2D eigenvalue weighted by molar-refractivity contribution is -0.131. The number of benzene rings is 1. The van der Waals surface area contributed by atoms with Crippen molar-refractivity contribution in [3.05, 3.63) is 30.3 Å². The Bertz CT molecular complexity index is 482. The minimum absolute atomic E-state index is 0.0523. The summed E-state index contributed by atoms with van der Waals surface area (Å²) in [6, 6.07) is 9.57. The van der Waals surface area contributed by atoms with Crippen LogP contribution in [0.15, 0.2) is 30.3 Å². The number of amides is 2. The van der Waals surface area contributed by atoms with Gasteiger partial charge in [-0.05, 0) is 31.5 Å². The highest BCUT2D eigenvalue weighted by molar-refractivity contribution is 5.92. The van der Waals surface area contributed by atoms with E-state index in [0.29, 0.717) is 19.3 Å². The predicted molar refractivity (Wildman–Crippen MR) is 87.8 cm³/mol. The lowest BCUT2D eigenvalue weighted by Crippen LogP contribution is -2.34. The van der Waals surface area contributed by atoms with Crippen LogP contribution in [0.5, 0.6) is 0 Å². The van der Waals surface area contributed by atoms with Gasteiger partial charge in [0.25, 0.3) is 0 Å². The smallest absolute Gasteiger partial charge is 0.226 e. The van der Waals surface area contributed by atoms with Crippen molar-refractivity contribution in [2.24, 2.45) is 0 Å². The summed E-state index contributed by atoms with van der Waals surface area (Å²) >= 11 is 0. The number of carbonyl (C=O) groups is 2. The van der Waals surface area contributed by atoms with Crippen molar-refractivity contribution in [2.75, 3.05) is 38.1 Å². The molecule has 1 saturated heterocycles. The highest BCUT2D eigenvalue weighted by atomic mass is 16.2. The van der Waals surface area contributed by atoms with E-state index in [0.717, 1.165) is 38.3 Å².